The second-order valence-corrected chi connectivity index (χ2v) is 5.08. The molecule has 0 aliphatic carbocycles. The average molecular weight is 305 g/mol. The second-order valence-electron chi connectivity index (χ2n) is 4.67. The van der Waals surface area contributed by atoms with E-state index in [2.05, 4.69) is 22.4 Å². The lowest BCUT2D eigenvalue weighted by atomic mass is 10.1. The van der Waals surface area contributed by atoms with Gasteiger partial charge < -0.3 is 16.3 Å². The van der Waals surface area contributed by atoms with Gasteiger partial charge in [-0.15, -0.1) is 0 Å². The maximum Gasteiger partial charge on any atom is 0.170 e. The number of pyridine rings is 1. The highest BCUT2D eigenvalue weighted by molar-refractivity contribution is 6.31. The van der Waals surface area contributed by atoms with Gasteiger partial charge in [0.25, 0.3) is 0 Å². The maximum absolute atomic E-state index is 8.65. The van der Waals surface area contributed by atoms with Crippen LogP contribution in [0.3, 0.4) is 0 Å². The number of rotatable bonds is 5. The lowest BCUT2D eigenvalue weighted by Gasteiger charge is -2.15. The monoisotopic (exact) mass is 304 g/mol. The first-order valence-corrected chi connectivity index (χ1v) is 6.89. The fraction of sp³-hybridized carbons (Fsp3) is 0.200. The van der Waals surface area contributed by atoms with Gasteiger partial charge in [0.2, 0.25) is 0 Å². The summed E-state index contributed by atoms with van der Waals surface area (Å²) >= 11 is 6.22. The van der Waals surface area contributed by atoms with Gasteiger partial charge >= 0.3 is 0 Å². The molecule has 0 bridgehead atoms. The van der Waals surface area contributed by atoms with Crippen LogP contribution >= 0.6 is 11.6 Å². The number of nitrogens with one attached hydrogen (secondary N) is 1. The topological polar surface area (TPSA) is 83.5 Å². The molecule has 0 amide bonds. The number of aromatic nitrogens is 1. The van der Waals surface area contributed by atoms with E-state index < -0.39 is 0 Å². The molecular formula is C15H17ClN4O. The minimum absolute atomic E-state index is 0.0431. The Bertz CT molecular complexity index is 631. The first-order valence-electron chi connectivity index (χ1n) is 6.51. The van der Waals surface area contributed by atoms with Crippen molar-refractivity contribution in [1.29, 1.82) is 0 Å². The van der Waals surface area contributed by atoms with Crippen LogP contribution in [0, 0.1) is 0 Å². The van der Waals surface area contributed by atoms with Crippen molar-refractivity contribution in [3.8, 4) is 0 Å². The summed E-state index contributed by atoms with van der Waals surface area (Å²) in [5.41, 5.74) is 8.23. The van der Waals surface area contributed by atoms with Gasteiger partial charge in [-0.25, -0.2) is 0 Å². The Balaban J connectivity index is 2.04. The summed E-state index contributed by atoms with van der Waals surface area (Å²) in [4.78, 5) is 4.00. The van der Waals surface area contributed by atoms with Crippen LogP contribution in [0.4, 0.5) is 0 Å². The summed E-state index contributed by atoms with van der Waals surface area (Å²) in [6.07, 6.45) is 3.54. The van der Waals surface area contributed by atoms with Crippen molar-refractivity contribution in [2.75, 3.05) is 0 Å². The number of nitrogens with zero attached hydrogens (tertiary/aromatic N) is 2. The third kappa shape index (κ3) is 3.93. The predicted molar refractivity (Wildman–Crippen MR) is 83.5 cm³/mol. The van der Waals surface area contributed by atoms with E-state index in [4.69, 9.17) is 22.5 Å². The van der Waals surface area contributed by atoms with Crippen LogP contribution in [0.1, 0.15) is 29.7 Å². The van der Waals surface area contributed by atoms with Gasteiger partial charge in [-0.3, -0.25) is 4.98 Å². The lowest BCUT2D eigenvalue weighted by molar-refractivity contribution is 0.318. The van der Waals surface area contributed by atoms with Crippen molar-refractivity contribution in [3.05, 3.63) is 64.4 Å². The summed E-state index contributed by atoms with van der Waals surface area (Å²) in [5.74, 6) is 0.0431. The number of nitrogens with two attached hydrogens (primary N) is 1. The molecule has 0 fully saturated rings. The second kappa shape index (κ2) is 7.06. The van der Waals surface area contributed by atoms with Crippen LogP contribution in [-0.4, -0.2) is 16.0 Å². The molecule has 0 spiro atoms. The largest absolute Gasteiger partial charge is 0.409 e. The molecule has 1 atom stereocenters. The molecule has 0 saturated carbocycles. The van der Waals surface area contributed by atoms with E-state index >= 15 is 0 Å². The molecule has 1 aromatic heterocycles. The van der Waals surface area contributed by atoms with Crippen LogP contribution in [0.2, 0.25) is 5.02 Å². The fourth-order valence-electron chi connectivity index (χ4n) is 1.94. The van der Waals surface area contributed by atoms with Crippen LogP contribution in [-0.2, 0) is 6.54 Å². The standard InChI is InChI=1S/C15H17ClN4O/c1-10(11-4-6-18-7-5-11)19-9-13-3-2-12(8-14(13)16)15(17)20-21/h2-8,10,19,21H,9H2,1H3,(H2,17,20)/t10-/m0/s1. The summed E-state index contributed by atoms with van der Waals surface area (Å²) < 4.78 is 0. The molecule has 0 radical (unpaired) electrons. The zero-order valence-corrected chi connectivity index (χ0v) is 12.4. The Kier molecular flexibility index (Phi) is 5.14. The van der Waals surface area contributed by atoms with Crippen molar-refractivity contribution < 1.29 is 5.21 Å². The first-order chi connectivity index (χ1) is 10.1. The smallest absolute Gasteiger partial charge is 0.170 e. The molecule has 0 saturated heterocycles. The molecule has 6 heteroatoms. The highest BCUT2D eigenvalue weighted by atomic mass is 35.5. The van der Waals surface area contributed by atoms with E-state index in [1.165, 1.54) is 0 Å². The Morgan fingerprint density at radius 3 is 2.71 bits per heavy atom. The van der Waals surface area contributed by atoms with Crippen LogP contribution in [0.15, 0.2) is 47.9 Å². The van der Waals surface area contributed by atoms with Crippen molar-refractivity contribution in [2.24, 2.45) is 10.9 Å². The van der Waals surface area contributed by atoms with E-state index in [1.54, 1.807) is 24.5 Å². The summed E-state index contributed by atoms with van der Waals surface area (Å²) in [6.45, 7) is 2.70. The van der Waals surface area contributed by atoms with Gasteiger partial charge in [-0.05, 0) is 36.2 Å². The number of benzene rings is 1. The fourth-order valence-corrected chi connectivity index (χ4v) is 2.19. The first kappa shape index (κ1) is 15.3. The third-order valence-electron chi connectivity index (χ3n) is 3.26. The lowest BCUT2D eigenvalue weighted by Crippen LogP contribution is -2.19. The molecule has 2 aromatic rings. The molecule has 21 heavy (non-hydrogen) atoms. The number of hydrogen-bond donors (Lipinski definition) is 3. The zero-order chi connectivity index (χ0) is 15.2. The van der Waals surface area contributed by atoms with Gasteiger partial charge in [-0.2, -0.15) is 0 Å². The molecule has 0 unspecified atom stereocenters. The molecule has 4 N–H and O–H groups in total. The third-order valence-corrected chi connectivity index (χ3v) is 3.61. The quantitative estimate of drug-likeness (QED) is 0.343. The van der Waals surface area contributed by atoms with Crippen LogP contribution in [0.25, 0.3) is 0 Å². The molecule has 0 aliphatic rings. The Morgan fingerprint density at radius 1 is 1.38 bits per heavy atom. The van der Waals surface area contributed by atoms with E-state index in [0.29, 0.717) is 17.1 Å². The Morgan fingerprint density at radius 2 is 2.10 bits per heavy atom. The van der Waals surface area contributed by atoms with E-state index in [0.717, 1.165) is 11.1 Å². The zero-order valence-electron chi connectivity index (χ0n) is 11.6. The van der Waals surface area contributed by atoms with Crippen LogP contribution in [0.5, 0.6) is 0 Å². The minimum Gasteiger partial charge on any atom is -0.409 e. The molecule has 1 heterocycles. The number of amidine groups is 1. The average Bonchev–Trinajstić information content (AvgIpc) is 2.53. The van der Waals surface area contributed by atoms with Crippen molar-refractivity contribution in [2.45, 2.75) is 19.5 Å². The van der Waals surface area contributed by atoms with Gasteiger partial charge in [0.15, 0.2) is 5.84 Å². The number of halogens is 1. The van der Waals surface area contributed by atoms with Gasteiger partial charge in [0.1, 0.15) is 0 Å². The van der Waals surface area contributed by atoms with Crippen molar-refractivity contribution in [1.82, 2.24) is 10.3 Å². The van der Waals surface area contributed by atoms with Gasteiger partial charge in [-0.1, -0.05) is 28.9 Å². The minimum atomic E-state index is 0.0431. The summed E-state index contributed by atoms with van der Waals surface area (Å²) in [6, 6.07) is 9.45. The van der Waals surface area contributed by atoms with E-state index in [-0.39, 0.29) is 11.9 Å². The predicted octanol–water partition coefficient (Wildman–Crippen LogP) is 2.68. The highest BCUT2D eigenvalue weighted by Gasteiger charge is 2.08. The van der Waals surface area contributed by atoms with Crippen molar-refractivity contribution >= 4 is 17.4 Å². The SMILES string of the molecule is C[C@H](NCc1ccc(/C(N)=N/O)cc1Cl)c1ccncc1. The van der Waals surface area contributed by atoms with Crippen LogP contribution < -0.4 is 11.1 Å². The van der Waals surface area contributed by atoms with Crippen molar-refractivity contribution in [3.63, 3.8) is 0 Å². The van der Waals surface area contributed by atoms with Gasteiger partial charge in [0, 0.05) is 35.6 Å². The number of hydrogen-bond acceptors (Lipinski definition) is 4. The molecule has 2 rings (SSSR count). The molecule has 0 aliphatic heterocycles. The summed E-state index contributed by atoms with van der Waals surface area (Å²) in [7, 11) is 0. The highest BCUT2D eigenvalue weighted by Crippen LogP contribution is 2.19. The normalized spacial score (nSPS) is 13.1. The van der Waals surface area contributed by atoms with Gasteiger partial charge in [0.05, 0.1) is 0 Å². The Labute approximate surface area is 128 Å². The van der Waals surface area contributed by atoms with E-state index in [1.807, 2.05) is 18.2 Å². The molecule has 5 nitrogen and oxygen atoms in total. The molecular weight excluding hydrogens is 288 g/mol. The number of oxime groups is 1. The molecule has 110 valence electrons. The molecule has 1 aromatic carbocycles. The van der Waals surface area contributed by atoms with E-state index in [9.17, 15) is 0 Å². The Hall–Kier alpha value is -2.11. The summed E-state index contributed by atoms with van der Waals surface area (Å²) in [5, 5.41) is 15.6. The maximum atomic E-state index is 8.65.